The van der Waals surface area contributed by atoms with Crippen molar-refractivity contribution in [3.05, 3.63) is 0 Å². The first kappa shape index (κ1) is 20.1. The first-order chi connectivity index (χ1) is 8.70. The lowest BCUT2D eigenvalue weighted by Crippen LogP contribution is -2.35. The van der Waals surface area contributed by atoms with E-state index in [1.807, 2.05) is 13.8 Å². The van der Waals surface area contributed by atoms with Crippen LogP contribution < -0.4 is 5.32 Å². The second-order valence-corrected chi connectivity index (χ2v) is 5.29. The summed E-state index contributed by atoms with van der Waals surface area (Å²) in [5.74, 6) is -0.0316. The van der Waals surface area contributed by atoms with Crippen LogP contribution in [-0.4, -0.2) is 29.3 Å². The van der Waals surface area contributed by atoms with Crippen molar-refractivity contribution in [2.24, 2.45) is 5.92 Å². The lowest BCUT2D eigenvalue weighted by Gasteiger charge is -2.19. The highest BCUT2D eigenvalue weighted by Crippen LogP contribution is 2.24. The Morgan fingerprint density at radius 1 is 1.26 bits per heavy atom. The number of rotatable bonds is 2. The molecule has 1 saturated carbocycles. The fraction of sp³-hybridized carbons (Fsp3) is 0.857. The van der Waals surface area contributed by atoms with E-state index in [1.165, 1.54) is 19.3 Å². The number of alkyl carbamates (subject to hydrolysis) is 1. The second-order valence-electron chi connectivity index (χ2n) is 5.29. The molecule has 5 heteroatoms. The Labute approximate surface area is 116 Å². The van der Waals surface area contributed by atoms with Crippen molar-refractivity contribution in [3.63, 3.8) is 0 Å². The van der Waals surface area contributed by atoms with Crippen molar-refractivity contribution in [1.82, 2.24) is 5.32 Å². The van der Waals surface area contributed by atoms with Crippen molar-refractivity contribution >= 4 is 12.1 Å². The number of hydrogen-bond acceptors (Lipinski definition) is 3. The molecule has 0 radical (unpaired) electrons. The topological polar surface area (TPSA) is 75.6 Å². The Hall–Kier alpha value is -1.26. The van der Waals surface area contributed by atoms with Crippen LogP contribution in [0.3, 0.4) is 0 Å². The maximum Gasteiger partial charge on any atom is 0.408 e. The minimum Gasteiger partial charge on any atom is -0.480 e. The molecule has 0 atom stereocenters. The van der Waals surface area contributed by atoms with Crippen LogP contribution in [0.25, 0.3) is 0 Å². The smallest absolute Gasteiger partial charge is 0.408 e. The van der Waals surface area contributed by atoms with Crippen LogP contribution in [0.4, 0.5) is 4.79 Å². The number of ether oxygens (including phenoxy) is 1. The highest BCUT2D eigenvalue weighted by atomic mass is 16.6. The zero-order valence-corrected chi connectivity index (χ0v) is 13.1. The van der Waals surface area contributed by atoms with Gasteiger partial charge >= 0.3 is 12.1 Å². The summed E-state index contributed by atoms with van der Waals surface area (Å²) in [7, 11) is 0. The van der Waals surface area contributed by atoms with Crippen LogP contribution in [0, 0.1) is 5.92 Å². The van der Waals surface area contributed by atoms with Gasteiger partial charge in [-0.05, 0) is 26.7 Å². The summed E-state index contributed by atoms with van der Waals surface area (Å²) in [6.07, 6.45) is 3.74. The number of hydrogen-bond donors (Lipinski definition) is 2. The zero-order chi connectivity index (χ0) is 15.5. The Balaban J connectivity index is 0. The monoisotopic (exact) mass is 275 g/mol. The van der Waals surface area contributed by atoms with Gasteiger partial charge in [0.1, 0.15) is 12.1 Å². The summed E-state index contributed by atoms with van der Waals surface area (Å²) in [5.41, 5.74) is -0.595. The van der Waals surface area contributed by atoms with Crippen molar-refractivity contribution in [2.75, 3.05) is 6.54 Å². The Kier molecular flexibility index (Phi) is 11.2. The van der Waals surface area contributed by atoms with Crippen molar-refractivity contribution in [3.8, 4) is 0 Å². The van der Waals surface area contributed by atoms with E-state index in [1.54, 1.807) is 20.8 Å². The first-order valence-corrected chi connectivity index (χ1v) is 6.89. The van der Waals surface area contributed by atoms with E-state index in [-0.39, 0.29) is 0 Å². The molecule has 0 heterocycles. The fourth-order valence-electron chi connectivity index (χ4n) is 1.07. The van der Waals surface area contributed by atoms with E-state index in [9.17, 15) is 9.59 Å². The largest absolute Gasteiger partial charge is 0.480 e. The lowest BCUT2D eigenvalue weighted by atomic mass is 9.88. The van der Waals surface area contributed by atoms with Crippen molar-refractivity contribution in [2.45, 2.75) is 66.4 Å². The third kappa shape index (κ3) is 16.7. The normalized spacial score (nSPS) is 13.8. The molecule has 1 aliphatic carbocycles. The summed E-state index contributed by atoms with van der Waals surface area (Å²) in [4.78, 5) is 20.8. The Morgan fingerprint density at radius 3 is 1.89 bits per heavy atom. The molecular formula is C14H29NO4. The van der Waals surface area contributed by atoms with Gasteiger partial charge in [0.15, 0.2) is 0 Å². The van der Waals surface area contributed by atoms with E-state index in [2.05, 4.69) is 12.2 Å². The van der Waals surface area contributed by atoms with Crippen LogP contribution in [0.1, 0.15) is 60.8 Å². The fourth-order valence-corrected chi connectivity index (χ4v) is 1.07. The van der Waals surface area contributed by atoms with Crippen molar-refractivity contribution < 1.29 is 19.4 Å². The number of nitrogens with one attached hydrogen (secondary N) is 1. The molecule has 1 amide bonds. The van der Waals surface area contributed by atoms with Gasteiger partial charge in [-0.1, -0.05) is 40.0 Å². The number of carbonyl (C=O) groups is 2. The van der Waals surface area contributed by atoms with E-state index in [0.717, 1.165) is 5.92 Å². The summed E-state index contributed by atoms with van der Waals surface area (Å²) in [5, 5.41) is 10.3. The molecule has 0 bridgehead atoms. The molecular weight excluding hydrogens is 246 g/mol. The average molecular weight is 275 g/mol. The summed E-state index contributed by atoms with van der Waals surface area (Å²) >= 11 is 0. The van der Waals surface area contributed by atoms with Gasteiger partial charge in [-0.2, -0.15) is 0 Å². The number of carboxylic acids is 1. The van der Waals surface area contributed by atoms with Gasteiger partial charge in [-0.15, -0.1) is 0 Å². The minimum absolute atomic E-state index is 0.422. The highest BCUT2D eigenvalue weighted by molar-refractivity contribution is 5.76. The molecule has 2 N–H and O–H groups in total. The molecule has 1 fully saturated rings. The first-order valence-electron chi connectivity index (χ1n) is 6.89. The van der Waals surface area contributed by atoms with Crippen LogP contribution in [0.15, 0.2) is 0 Å². The zero-order valence-electron chi connectivity index (χ0n) is 13.1. The molecule has 19 heavy (non-hydrogen) atoms. The molecule has 0 saturated heterocycles. The van der Waals surface area contributed by atoms with E-state index < -0.39 is 24.2 Å². The third-order valence-corrected chi connectivity index (χ3v) is 2.18. The van der Waals surface area contributed by atoms with Crippen LogP contribution >= 0.6 is 0 Å². The molecule has 1 rings (SSSR count). The Bertz CT molecular complexity index is 255. The number of carboxylic acid groups (broad SMARTS) is 1. The van der Waals surface area contributed by atoms with Gasteiger partial charge in [0.25, 0.3) is 0 Å². The van der Waals surface area contributed by atoms with E-state index in [4.69, 9.17) is 9.84 Å². The minimum atomic E-state index is -1.10. The standard InChI is InChI=1S/C7H13NO4.C5H10.C2H6/c1-7(2,3)12-6(11)8-4-5(9)10;1-5-3-2-4-5;1-2/h4H2,1-3H3,(H,8,11)(H,9,10);5H,2-4H2,1H3;1-2H3. The quantitative estimate of drug-likeness (QED) is 0.809. The predicted molar refractivity (Wildman–Crippen MR) is 76.2 cm³/mol. The maximum absolute atomic E-state index is 10.8. The molecule has 0 unspecified atom stereocenters. The molecule has 0 aliphatic heterocycles. The van der Waals surface area contributed by atoms with Crippen LogP contribution in [0.5, 0.6) is 0 Å². The summed E-state index contributed by atoms with van der Waals surface area (Å²) in [6.45, 7) is 11.0. The second kappa shape index (κ2) is 10.6. The van der Waals surface area contributed by atoms with Crippen LogP contribution in [0.2, 0.25) is 0 Å². The highest BCUT2D eigenvalue weighted by Gasteiger charge is 2.16. The van der Waals surface area contributed by atoms with Gasteiger partial charge in [0.2, 0.25) is 0 Å². The molecule has 114 valence electrons. The Morgan fingerprint density at radius 2 is 1.68 bits per heavy atom. The molecule has 1 aliphatic rings. The summed E-state index contributed by atoms with van der Waals surface area (Å²) in [6, 6.07) is 0. The van der Waals surface area contributed by atoms with E-state index in [0.29, 0.717) is 0 Å². The van der Waals surface area contributed by atoms with Gasteiger partial charge in [0, 0.05) is 0 Å². The third-order valence-electron chi connectivity index (χ3n) is 2.18. The maximum atomic E-state index is 10.8. The SMILES string of the molecule is CC.CC(C)(C)OC(=O)NCC(=O)O.CC1CCC1. The number of amides is 1. The molecule has 0 spiro atoms. The lowest BCUT2D eigenvalue weighted by molar-refractivity contribution is -0.136. The predicted octanol–water partition coefficient (Wildman–Crippen LogP) is 3.43. The molecule has 0 aromatic heterocycles. The van der Waals surface area contributed by atoms with Gasteiger partial charge in [0.05, 0.1) is 0 Å². The molecule has 5 nitrogen and oxygen atoms in total. The summed E-state index contributed by atoms with van der Waals surface area (Å²) < 4.78 is 4.77. The van der Waals surface area contributed by atoms with Gasteiger partial charge < -0.3 is 15.2 Å². The van der Waals surface area contributed by atoms with Crippen molar-refractivity contribution in [1.29, 1.82) is 0 Å². The molecule has 0 aromatic rings. The van der Waals surface area contributed by atoms with E-state index >= 15 is 0 Å². The average Bonchev–Trinajstić information content (AvgIpc) is 2.25. The van der Waals surface area contributed by atoms with Crippen LogP contribution in [-0.2, 0) is 9.53 Å². The molecule has 0 aromatic carbocycles. The van der Waals surface area contributed by atoms with Gasteiger partial charge in [-0.3, -0.25) is 4.79 Å². The number of aliphatic carboxylic acids is 1. The number of carbonyl (C=O) groups excluding carboxylic acids is 1. The van der Waals surface area contributed by atoms with Gasteiger partial charge in [-0.25, -0.2) is 4.79 Å².